The molecule has 2 heterocycles. The van der Waals surface area contributed by atoms with Crippen molar-refractivity contribution in [2.45, 2.75) is 39.5 Å². The third-order valence-corrected chi connectivity index (χ3v) is 2.76. The maximum Gasteiger partial charge on any atom is 0.354 e. The molecule has 0 saturated carbocycles. The molecular weight excluding hydrogens is 230 g/mol. The van der Waals surface area contributed by atoms with Gasteiger partial charge in [-0.25, -0.2) is 14.3 Å². The number of aromatic nitrogens is 3. The van der Waals surface area contributed by atoms with Crippen molar-refractivity contribution in [2.75, 3.05) is 0 Å². The van der Waals surface area contributed by atoms with Crippen LogP contribution in [-0.2, 0) is 12.8 Å². The smallest absolute Gasteiger partial charge is 0.354 e. The fourth-order valence-electron chi connectivity index (χ4n) is 1.99. The van der Waals surface area contributed by atoms with Crippen LogP contribution in [0.4, 0.5) is 0 Å². The molecule has 0 aromatic carbocycles. The zero-order chi connectivity index (χ0) is 13.1. The molecule has 0 aliphatic rings. The summed E-state index contributed by atoms with van der Waals surface area (Å²) in [5.41, 5.74) is 2.51. The molecule has 0 radical (unpaired) electrons. The first-order valence-electron chi connectivity index (χ1n) is 6.27. The predicted molar refractivity (Wildman–Crippen MR) is 67.9 cm³/mol. The van der Waals surface area contributed by atoms with Gasteiger partial charge < -0.3 is 5.11 Å². The lowest BCUT2D eigenvalue weighted by atomic mass is 10.2. The van der Waals surface area contributed by atoms with Crippen LogP contribution in [0.15, 0.2) is 12.1 Å². The molecule has 0 bridgehead atoms. The van der Waals surface area contributed by atoms with Crippen molar-refractivity contribution in [2.24, 2.45) is 0 Å². The van der Waals surface area contributed by atoms with Gasteiger partial charge in [-0.1, -0.05) is 26.7 Å². The van der Waals surface area contributed by atoms with E-state index in [1.165, 1.54) is 4.52 Å². The van der Waals surface area contributed by atoms with Gasteiger partial charge >= 0.3 is 5.97 Å². The van der Waals surface area contributed by atoms with E-state index in [1.807, 2.05) is 13.0 Å². The molecule has 18 heavy (non-hydrogen) atoms. The molecule has 0 atom stereocenters. The summed E-state index contributed by atoms with van der Waals surface area (Å²) in [5, 5.41) is 13.5. The van der Waals surface area contributed by atoms with Crippen molar-refractivity contribution in [1.82, 2.24) is 14.6 Å². The van der Waals surface area contributed by atoms with E-state index in [4.69, 9.17) is 0 Å². The SMILES string of the molecule is CCCc1cc(C(=O)O)n2nc(CCC)cc2n1. The third-order valence-electron chi connectivity index (χ3n) is 2.76. The minimum atomic E-state index is -0.967. The van der Waals surface area contributed by atoms with Crippen LogP contribution in [-0.4, -0.2) is 25.7 Å². The normalized spacial score (nSPS) is 11.0. The maximum absolute atomic E-state index is 11.2. The Hall–Kier alpha value is -1.91. The number of carboxylic acids is 1. The summed E-state index contributed by atoms with van der Waals surface area (Å²) in [4.78, 5) is 15.7. The topological polar surface area (TPSA) is 67.5 Å². The molecule has 0 amide bonds. The zero-order valence-corrected chi connectivity index (χ0v) is 10.7. The van der Waals surface area contributed by atoms with E-state index in [-0.39, 0.29) is 5.69 Å². The first-order chi connectivity index (χ1) is 8.65. The van der Waals surface area contributed by atoms with Gasteiger partial charge in [-0.05, 0) is 18.9 Å². The molecule has 2 aromatic heterocycles. The molecule has 0 saturated heterocycles. The van der Waals surface area contributed by atoms with Crippen molar-refractivity contribution in [1.29, 1.82) is 0 Å². The lowest BCUT2D eigenvalue weighted by Crippen LogP contribution is -2.09. The standard InChI is InChI=1S/C13H17N3O2/c1-3-5-9-7-11(13(17)18)16-12(14-9)8-10(15-16)6-4-2/h7-8H,3-6H2,1-2H3,(H,17,18). The summed E-state index contributed by atoms with van der Waals surface area (Å²) in [6.45, 7) is 4.11. The molecule has 2 aromatic rings. The Morgan fingerprint density at radius 3 is 2.50 bits per heavy atom. The number of nitrogens with zero attached hydrogens (tertiary/aromatic N) is 3. The fourth-order valence-corrected chi connectivity index (χ4v) is 1.99. The van der Waals surface area contributed by atoms with Gasteiger partial charge in [0, 0.05) is 11.8 Å². The number of rotatable bonds is 5. The van der Waals surface area contributed by atoms with Crippen molar-refractivity contribution in [3.05, 3.63) is 29.2 Å². The molecule has 96 valence electrons. The average Bonchev–Trinajstić information content (AvgIpc) is 2.71. The van der Waals surface area contributed by atoms with Crippen molar-refractivity contribution >= 4 is 11.6 Å². The summed E-state index contributed by atoms with van der Waals surface area (Å²) in [7, 11) is 0. The van der Waals surface area contributed by atoms with Crippen LogP contribution in [0.5, 0.6) is 0 Å². The lowest BCUT2D eigenvalue weighted by molar-refractivity contribution is 0.0687. The Morgan fingerprint density at radius 2 is 1.89 bits per heavy atom. The van der Waals surface area contributed by atoms with Crippen LogP contribution < -0.4 is 0 Å². The van der Waals surface area contributed by atoms with Gasteiger partial charge in [0.05, 0.1) is 5.69 Å². The number of aromatic carboxylic acids is 1. The van der Waals surface area contributed by atoms with Gasteiger partial charge in [0.2, 0.25) is 0 Å². The number of hydrogen-bond acceptors (Lipinski definition) is 3. The summed E-state index contributed by atoms with van der Waals surface area (Å²) >= 11 is 0. The molecule has 2 rings (SSSR count). The van der Waals surface area contributed by atoms with Crippen LogP contribution in [0.2, 0.25) is 0 Å². The van der Waals surface area contributed by atoms with Gasteiger partial charge in [-0.2, -0.15) is 5.10 Å². The molecule has 0 aliphatic carbocycles. The lowest BCUT2D eigenvalue weighted by Gasteiger charge is -2.03. The molecular formula is C13H17N3O2. The first-order valence-corrected chi connectivity index (χ1v) is 6.27. The van der Waals surface area contributed by atoms with Crippen molar-refractivity contribution in [3.63, 3.8) is 0 Å². The van der Waals surface area contributed by atoms with Gasteiger partial charge in [-0.15, -0.1) is 0 Å². The minimum absolute atomic E-state index is 0.186. The van der Waals surface area contributed by atoms with Gasteiger partial charge in [0.15, 0.2) is 11.3 Å². The molecule has 0 spiro atoms. The van der Waals surface area contributed by atoms with Crippen molar-refractivity contribution in [3.8, 4) is 0 Å². The second-order valence-corrected chi connectivity index (χ2v) is 4.34. The van der Waals surface area contributed by atoms with E-state index < -0.39 is 5.97 Å². The highest BCUT2D eigenvalue weighted by Gasteiger charge is 2.14. The highest BCUT2D eigenvalue weighted by atomic mass is 16.4. The van der Waals surface area contributed by atoms with E-state index in [2.05, 4.69) is 17.0 Å². The molecule has 5 nitrogen and oxygen atoms in total. The number of hydrogen-bond donors (Lipinski definition) is 1. The quantitative estimate of drug-likeness (QED) is 0.880. The Bertz CT molecular complexity index is 575. The van der Waals surface area contributed by atoms with Gasteiger partial charge in [0.1, 0.15) is 0 Å². The van der Waals surface area contributed by atoms with Crippen LogP contribution in [0.1, 0.15) is 48.6 Å². The third kappa shape index (κ3) is 2.34. The number of fused-ring (bicyclic) bond motifs is 1. The molecule has 0 fully saturated rings. The Labute approximate surface area is 105 Å². The van der Waals surface area contributed by atoms with Gasteiger partial charge in [-0.3, -0.25) is 0 Å². The van der Waals surface area contributed by atoms with E-state index in [1.54, 1.807) is 6.07 Å². The Kier molecular flexibility index (Phi) is 3.60. The van der Waals surface area contributed by atoms with E-state index in [0.29, 0.717) is 5.65 Å². The summed E-state index contributed by atoms with van der Waals surface area (Å²) in [6, 6.07) is 3.48. The maximum atomic E-state index is 11.2. The number of aryl methyl sites for hydroxylation is 2. The Morgan fingerprint density at radius 1 is 1.22 bits per heavy atom. The number of carbonyl (C=O) groups is 1. The van der Waals surface area contributed by atoms with Crippen LogP contribution >= 0.6 is 0 Å². The highest BCUT2D eigenvalue weighted by Crippen LogP contribution is 2.12. The van der Waals surface area contributed by atoms with Crippen LogP contribution in [0.3, 0.4) is 0 Å². The Balaban J connectivity index is 2.57. The highest BCUT2D eigenvalue weighted by molar-refractivity contribution is 5.86. The minimum Gasteiger partial charge on any atom is -0.477 e. The summed E-state index contributed by atoms with van der Waals surface area (Å²) < 4.78 is 1.42. The molecule has 0 aliphatic heterocycles. The van der Waals surface area contributed by atoms with Gasteiger partial charge in [0.25, 0.3) is 0 Å². The second kappa shape index (κ2) is 5.16. The fraction of sp³-hybridized carbons (Fsp3) is 0.462. The monoisotopic (exact) mass is 247 g/mol. The van der Waals surface area contributed by atoms with Crippen LogP contribution in [0, 0.1) is 0 Å². The zero-order valence-electron chi connectivity index (χ0n) is 10.7. The largest absolute Gasteiger partial charge is 0.477 e. The average molecular weight is 247 g/mol. The van der Waals surface area contributed by atoms with E-state index in [0.717, 1.165) is 37.1 Å². The predicted octanol–water partition coefficient (Wildman–Crippen LogP) is 2.33. The van der Waals surface area contributed by atoms with E-state index >= 15 is 0 Å². The van der Waals surface area contributed by atoms with Crippen LogP contribution in [0.25, 0.3) is 5.65 Å². The van der Waals surface area contributed by atoms with E-state index in [9.17, 15) is 9.90 Å². The molecule has 1 N–H and O–H groups in total. The summed E-state index contributed by atoms with van der Waals surface area (Å²) in [6.07, 6.45) is 3.54. The molecule has 5 heteroatoms. The first kappa shape index (κ1) is 12.5. The van der Waals surface area contributed by atoms with Crippen molar-refractivity contribution < 1.29 is 9.90 Å². The number of carboxylic acid groups (broad SMARTS) is 1. The summed E-state index contributed by atoms with van der Waals surface area (Å²) in [5.74, 6) is -0.967. The second-order valence-electron chi connectivity index (χ2n) is 4.34. The molecule has 0 unspecified atom stereocenters.